The Balaban J connectivity index is 2.23. The third-order valence-corrected chi connectivity index (χ3v) is 3.15. The van der Waals surface area contributed by atoms with E-state index < -0.39 is 17.4 Å². The van der Waals surface area contributed by atoms with Crippen LogP contribution in [-0.2, 0) is 6.42 Å². The molecule has 1 nitrogen and oxygen atoms in total. The summed E-state index contributed by atoms with van der Waals surface area (Å²) in [5, 5.41) is 0.195. The summed E-state index contributed by atoms with van der Waals surface area (Å²) in [4.78, 5) is 11.9. The van der Waals surface area contributed by atoms with Gasteiger partial charge in [0.1, 0.15) is 11.6 Å². The van der Waals surface area contributed by atoms with Crippen LogP contribution in [0.2, 0.25) is 10.0 Å². The van der Waals surface area contributed by atoms with Crippen molar-refractivity contribution < 1.29 is 13.6 Å². The van der Waals surface area contributed by atoms with Crippen molar-refractivity contribution in [1.29, 1.82) is 0 Å². The van der Waals surface area contributed by atoms with E-state index in [1.165, 1.54) is 24.3 Å². The van der Waals surface area contributed by atoms with Crippen LogP contribution in [0.3, 0.4) is 0 Å². The van der Waals surface area contributed by atoms with Crippen molar-refractivity contribution in [3.8, 4) is 0 Å². The number of benzene rings is 2. The van der Waals surface area contributed by atoms with Crippen LogP contribution in [0.15, 0.2) is 36.4 Å². The zero-order valence-corrected chi connectivity index (χ0v) is 11.1. The molecule has 0 fully saturated rings. The van der Waals surface area contributed by atoms with Crippen LogP contribution >= 0.6 is 23.2 Å². The number of halogens is 4. The van der Waals surface area contributed by atoms with Crippen molar-refractivity contribution in [2.75, 3.05) is 0 Å². The zero-order valence-electron chi connectivity index (χ0n) is 9.59. The Bertz CT molecular complexity index is 641. The Morgan fingerprint density at radius 2 is 1.74 bits per heavy atom. The summed E-state index contributed by atoms with van der Waals surface area (Å²) in [5.74, 6) is -1.63. The van der Waals surface area contributed by atoms with E-state index in [1.807, 2.05) is 0 Å². The minimum Gasteiger partial charge on any atom is -0.294 e. The molecule has 98 valence electrons. The molecule has 0 bridgehead atoms. The Morgan fingerprint density at radius 3 is 2.37 bits per heavy atom. The van der Waals surface area contributed by atoms with Crippen molar-refractivity contribution in [3.63, 3.8) is 0 Å². The Morgan fingerprint density at radius 1 is 1.00 bits per heavy atom. The molecule has 0 N–H and O–H groups in total. The second-order valence-electron chi connectivity index (χ2n) is 3.96. The third kappa shape index (κ3) is 3.31. The van der Waals surface area contributed by atoms with E-state index in [0.717, 1.165) is 12.1 Å². The van der Waals surface area contributed by atoms with E-state index in [9.17, 15) is 13.6 Å². The highest BCUT2D eigenvalue weighted by Crippen LogP contribution is 2.19. The molecule has 19 heavy (non-hydrogen) atoms. The van der Waals surface area contributed by atoms with Gasteiger partial charge in [-0.05, 0) is 35.9 Å². The number of hydrogen-bond donors (Lipinski definition) is 0. The van der Waals surface area contributed by atoms with Gasteiger partial charge in [0.25, 0.3) is 0 Å². The first kappa shape index (κ1) is 14.0. The highest BCUT2D eigenvalue weighted by Gasteiger charge is 2.12. The first-order chi connectivity index (χ1) is 8.97. The van der Waals surface area contributed by atoms with Crippen molar-refractivity contribution in [3.05, 3.63) is 69.2 Å². The van der Waals surface area contributed by atoms with Crippen LogP contribution in [-0.4, -0.2) is 5.78 Å². The van der Waals surface area contributed by atoms with Crippen molar-refractivity contribution in [1.82, 2.24) is 0 Å². The van der Waals surface area contributed by atoms with E-state index in [2.05, 4.69) is 0 Å². The third-order valence-electron chi connectivity index (χ3n) is 2.61. The predicted molar refractivity (Wildman–Crippen MR) is 70.9 cm³/mol. The summed E-state index contributed by atoms with van der Waals surface area (Å²) in [6.07, 6.45) is -0.163. The lowest BCUT2D eigenvalue weighted by molar-refractivity contribution is 0.0991. The minimum atomic E-state index is -0.677. The Hall–Kier alpha value is -1.45. The van der Waals surface area contributed by atoms with E-state index in [0.29, 0.717) is 0 Å². The second kappa shape index (κ2) is 5.68. The van der Waals surface area contributed by atoms with Crippen LogP contribution < -0.4 is 0 Å². The van der Waals surface area contributed by atoms with Gasteiger partial charge in [-0.2, -0.15) is 0 Å². The summed E-state index contributed by atoms with van der Waals surface area (Å²) in [7, 11) is 0. The molecule has 0 spiro atoms. The van der Waals surface area contributed by atoms with E-state index in [-0.39, 0.29) is 27.6 Å². The summed E-state index contributed by atoms with van der Waals surface area (Å²) < 4.78 is 26.8. The Kier molecular flexibility index (Phi) is 4.17. The first-order valence-corrected chi connectivity index (χ1v) is 6.15. The van der Waals surface area contributed by atoms with E-state index in [4.69, 9.17) is 23.2 Å². The normalized spacial score (nSPS) is 10.5. The number of carbonyl (C=O) groups excluding carboxylic acids is 1. The number of Topliss-reactive ketones (excluding diaryl/α,β-unsaturated/α-hetero) is 1. The monoisotopic (exact) mass is 300 g/mol. The van der Waals surface area contributed by atoms with Crippen molar-refractivity contribution in [2.45, 2.75) is 6.42 Å². The van der Waals surface area contributed by atoms with Crippen molar-refractivity contribution in [2.24, 2.45) is 0 Å². The van der Waals surface area contributed by atoms with Crippen LogP contribution in [0.1, 0.15) is 15.9 Å². The van der Waals surface area contributed by atoms with Crippen LogP contribution in [0.4, 0.5) is 8.78 Å². The van der Waals surface area contributed by atoms with Gasteiger partial charge in [-0.25, -0.2) is 8.78 Å². The number of hydrogen-bond acceptors (Lipinski definition) is 1. The van der Waals surface area contributed by atoms with Crippen molar-refractivity contribution >= 4 is 29.0 Å². The number of carbonyl (C=O) groups is 1. The number of ketones is 1. The molecule has 5 heteroatoms. The molecule has 2 aromatic carbocycles. The quantitative estimate of drug-likeness (QED) is 0.751. The fourth-order valence-electron chi connectivity index (χ4n) is 1.61. The van der Waals surface area contributed by atoms with Gasteiger partial charge in [0.05, 0.1) is 5.02 Å². The summed E-state index contributed by atoms with van der Waals surface area (Å²) in [5.41, 5.74) is 0.362. The molecule has 0 saturated heterocycles. The van der Waals surface area contributed by atoms with Gasteiger partial charge in [0.15, 0.2) is 5.78 Å². The zero-order chi connectivity index (χ0) is 14.0. The fraction of sp³-hybridized carbons (Fsp3) is 0.0714. The first-order valence-electron chi connectivity index (χ1n) is 5.39. The van der Waals surface area contributed by atoms with Gasteiger partial charge in [-0.15, -0.1) is 0 Å². The van der Waals surface area contributed by atoms with Crippen LogP contribution in [0.25, 0.3) is 0 Å². The SMILES string of the molecule is O=C(Cc1ccc(Cl)cc1F)c1ccc(Cl)c(F)c1. The standard InChI is InChI=1S/C14H8Cl2F2O/c15-10-3-1-8(12(17)7-10)6-14(19)9-2-4-11(16)13(18)5-9/h1-5,7H,6H2. The highest BCUT2D eigenvalue weighted by molar-refractivity contribution is 6.31. The average molecular weight is 301 g/mol. The number of rotatable bonds is 3. The lowest BCUT2D eigenvalue weighted by Gasteiger charge is -2.04. The molecule has 2 aromatic rings. The molecule has 0 saturated carbocycles. The summed E-state index contributed by atoms with van der Waals surface area (Å²) >= 11 is 11.1. The topological polar surface area (TPSA) is 17.1 Å². The Labute approximate surface area is 118 Å². The molecule has 0 aliphatic carbocycles. The molecular weight excluding hydrogens is 293 g/mol. The molecular formula is C14H8Cl2F2O. The summed E-state index contributed by atoms with van der Waals surface area (Å²) in [6.45, 7) is 0. The maximum absolute atomic E-state index is 13.5. The molecule has 0 aliphatic rings. The van der Waals surface area contributed by atoms with Gasteiger partial charge in [0, 0.05) is 17.0 Å². The van der Waals surface area contributed by atoms with Crippen LogP contribution in [0, 0.1) is 11.6 Å². The molecule has 0 radical (unpaired) electrons. The second-order valence-corrected chi connectivity index (χ2v) is 4.81. The van der Waals surface area contributed by atoms with E-state index >= 15 is 0 Å². The largest absolute Gasteiger partial charge is 0.294 e. The smallest absolute Gasteiger partial charge is 0.167 e. The molecule has 2 rings (SSSR count). The maximum Gasteiger partial charge on any atom is 0.167 e. The van der Waals surface area contributed by atoms with Gasteiger partial charge in [-0.3, -0.25) is 4.79 Å². The average Bonchev–Trinajstić information content (AvgIpc) is 2.36. The van der Waals surface area contributed by atoms with Gasteiger partial charge < -0.3 is 0 Å². The fourth-order valence-corrected chi connectivity index (χ4v) is 1.89. The highest BCUT2D eigenvalue weighted by atomic mass is 35.5. The van der Waals surface area contributed by atoms with Gasteiger partial charge in [0.2, 0.25) is 0 Å². The predicted octanol–water partition coefficient (Wildman–Crippen LogP) is 4.70. The van der Waals surface area contributed by atoms with Gasteiger partial charge >= 0.3 is 0 Å². The van der Waals surface area contributed by atoms with Gasteiger partial charge in [-0.1, -0.05) is 29.3 Å². The lowest BCUT2D eigenvalue weighted by Crippen LogP contribution is -2.05. The van der Waals surface area contributed by atoms with E-state index in [1.54, 1.807) is 0 Å². The lowest BCUT2D eigenvalue weighted by atomic mass is 10.0. The molecule has 0 amide bonds. The minimum absolute atomic E-state index is 0.0609. The molecule has 0 heterocycles. The molecule has 0 unspecified atom stereocenters. The molecule has 0 aliphatic heterocycles. The van der Waals surface area contributed by atoms with Crippen LogP contribution in [0.5, 0.6) is 0 Å². The molecule has 0 atom stereocenters. The maximum atomic E-state index is 13.5. The summed E-state index contributed by atoms with van der Waals surface area (Å²) in [6, 6.07) is 7.80. The molecule has 0 aromatic heterocycles.